The lowest BCUT2D eigenvalue weighted by atomic mass is 11.1. The highest BCUT2D eigenvalue weighted by Gasteiger charge is 1.83. The van der Waals surface area contributed by atoms with Crippen LogP contribution in [-0.2, 0) is 0 Å². The highest BCUT2D eigenvalue weighted by molar-refractivity contribution is 7.80. The second-order valence-corrected chi connectivity index (χ2v) is 1.81. The number of nitrogens with one attached hydrogen (secondary N) is 1. The van der Waals surface area contributed by atoms with E-state index in [1.165, 1.54) is 0 Å². The summed E-state index contributed by atoms with van der Waals surface area (Å²) in [6.45, 7) is 0. The van der Waals surface area contributed by atoms with Crippen LogP contribution >= 0.6 is 12.2 Å². The van der Waals surface area contributed by atoms with Gasteiger partial charge in [-0.2, -0.15) is 0 Å². The molecule has 0 aromatic heterocycles. The average molecular weight is 119 g/mol. The number of hydrogen-bond acceptors (Lipinski definition) is 2. The minimum absolute atomic E-state index is 0.296. The fourth-order valence-electron chi connectivity index (χ4n) is 0.220. The van der Waals surface area contributed by atoms with Crippen LogP contribution in [0.3, 0.4) is 0 Å². The van der Waals surface area contributed by atoms with Crippen LogP contribution in [0.25, 0.3) is 0 Å². The van der Waals surface area contributed by atoms with E-state index >= 15 is 0 Å². The Hall–Kier alpha value is -0.350. The lowest BCUT2D eigenvalue weighted by molar-refractivity contribution is 0.364. The lowest BCUT2D eigenvalue weighted by Gasteiger charge is -2.09. The summed E-state index contributed by atoms with van der Waals surface area (Å²) in [7, 11) is 3.64. The maximum Gasteiger partial charge on any atom is 0.178 e. The molecule has 0 aliphatic heterocycles. The van der Waals surface area contributed by atoms with E-state index in [1.807, 2.05) is 14.1 Å². The zero-order chi connectivity index (χ0) is 5.86. The van der Waals surface area contributed by atoms with E-state index in [9.17, 15) is 0 Å². The number of nitrogens with two attached hydrogens (primary N) is 1. The maximum absolute atomic E-state index is 5.07. The Morgan fingerprint density at radius 1 is 1.71 bits per heavy atom. The van der Waals surface area contributed by atoms with Crippen molar-refractivity contribution in [1.82, 2.24) is 10.4 Å². The average Bonchev–Trinajstić information content (AvgIpc) is 1.27. The summed E-state index contributed by atoms with van der Waals surface area (Å²) in [4.78, 5) is 0. The van der Waals surface area contributed by atoms with E-state index in [4.69, 9.17) is 5.73 Å². The Bertz CT molecular complexity index is 70.6. The monoisotopic (exact) mass is 119 g/mol. The normalized spacial score (nSPS) is 9.00. The van der Waals surface area contributed by atoms with Gasteiger partial charge in [0.1, 0.15) is 0 Å². The van der Waals surface area contributed by atoms with Crippen molar-refractivity contribution in [2.45, 2.75) is 0 Å². The third kappa shape index (κ3) is 5.65. The van der Waals surface area contributed by atoms with Crippen molar-refractivity contribution in [3.05, 3.63) is 0 Å². The van der Waals surface area contributed by atoms with Gasteiger partial charge in [0.2, 0.25) is 0 Å². The van der Waals surface area contributed by atoms with Crippen molar-refractivity contribution in [1.29, 1.82) is 0 Å². The van der Waals surface area contributed by atoms with Crippen molar-refractivity contribution in [3.63, 3.8) is 0 Å². The Labute approximate surface area is 48.4 Å². The predicted octanol–water partition coefficient (Wildman–Crippen LogP) is -0.704. The van der Waals surface area contributed by atoms with Crippen LogP contribution in [0.5, 0.6) is 0 Å². The number of hydrazine groups is 1. The maximum atomic E-state index is 5.07. The molecule has 0 amide bonds. The molecule has 0 fully saturated rings. The van der Waals surface area contributed by atoms with Crippen LogP contribution in [0.15, 0.2) is 0 Å². The summed E-state index contributed by atoms with van der Waals surface area (Å²) < 4.78 is 0. The van der Waals surface area contributed by atoms with Gasteiger partial charge in [0.25, 0.3) is 0 Å². The molecule has 0 saturated carbocycles. The predicted molar refractivity (Wildman–Crippen MR) is 33.6 cm³/mol. The molecule has 0 radical (unpaired) electrons. The molecular formula is C3H9N3S. The van der Waals surface area contributed by atoms with Crippen LogP contribution < -0.4 is 11.2 Å². The first-order valence-corrected chi connectivity index (χ1v) is 2.27. The van der Waals surface area contributed by atoms with Crippen molar-refractivity contribution >= 4 is 17.3 Å². The van der Waals surface area contributed by atoms with E-state index < -0.39 is 0 Å². The summed E-state index contributed by atoms with van der Waals surface area (Å²) in [6.07, 6.45) is 0. The van der Waals surface area contributed by atoms with Gasteiger partial charge in [-0.1, -0.05) is 0 Å². The highest BCUT2D eigenvalue weighted by Crippen LogP contribution is 1.60. The first-order chi connectivity index (χ1) is 3.13. The molecule has 4 heteroatoms. The number of rotatable bonds is 1. The van der Waals surface area contributed by atoms with Crippen molar-refractivity contribution in [2.24, 2.45) is 5.73 Å². The fraction of sp³-hybridized carbons (Fsp3) is 0.667. The van der Waals surface area contributed by atoms with E-state index in [0.717, 1.165) is 0 Å². The van der Waals surface area contributed by atoms with Gasteiger partial charge in [0.05, 0.1) is 0 Å². The van der Waals surface area contributed by atoms with Crippen LogP contribution in [0.4, 0.5) is 0 Å². The summed E-state index contributed by atoms with van der Waals surface area (Å²) in [5, 5.41) is 1.98. The molecule has 0 aliphatic carbocycles. The Morgan fingerprint density at radius 2 is 2.14 bits per heavy atom. The van der Waals surface area contributed by atoms with Gasteiger partial charge in [-0.05, 0) is 12.2 Å². The molecule has 0 heterocycles. The Kier molecular flexibility index (Phi) is 2.62. The van der Waals surface area contributed by atoms with Gasteiger partial charge in [0.15, 0.2) is 5.11 Å². The van der Waals surface area contributed by atoms with E-state index in [1.54, 1.807) is 5.01 Å². The van der Waals surface area contributed by atoms with Crippen LogP contribution in [0.2, 0.25) is 0 Å². The number of hydrogen-bond donors (Lipinski definition) is 2. The van der Waals surface area contributed by atoms with Gasteiger partial charge in [-0.25, -0.2) is 5.01 Å². The molecule has 0 aromatic carbocycles. The second-order valence-electron chi connectivity index (χ2n) is 1.37. The third-order valence-electron chi connectivity index (χ3n) is 0.334. The molecule has 0 bridgehead atoms. The zero-order valence-corrected chi connectivity index (χ0v) is 5.25. The summed E-state index contributed by atoms with van der Waals surface area (Å²) in [5.41, 5.74) is 7.72. The van der Waals surface area contributed by atoms with Gasteiger partial charge < -0.3 is 5.73 Å². The first-order valence-electron chi connectivity index (χ1n) is 1.86. The molecule has 0 saturated heterocycles. The molecule has 0 unspecified atom stereocenters. The minimum Gasteiger partial charge on any atom is -0.375 e. The van der Waals surface area contributed by atoms with Gasteiger partial charge in [-0.15, -0.1) is 0 Å². The summed E-state index contributed by atoms with van der Waals surface area (Å²) in [6, 6.07) is 0. The molecule has 42 valence electrons. The molecule has 0 aliphatic rings. The van der Waals surface area contributed by atoms with Gasteiger partial charge in [-0.3, -0.25) is 5.43 Å². The van der Waals surface area contributed by atoms with Gasteiger partial charge >= 0.3 is 0 Å². The molecule has 0 spiro atoms. The molecule has 0 aromatic rings. The Morgan fingerprint density at radius 3 is 2.14 bits per heavy atom. The Balaban J connectivity index is 3.13. The molecule has 0 rings (SSSR count). The SMILES string of the molecule is CN(C)NC(N)=S. The van der Waals surface area contributed by atoms with Gasteiger partial charge in [0, 0.05) is 14.1 Å². The lowest BCUT2D eigenvalue weighted by Crippen LogP contribution is -2.39. The molecule has 7 heavy (non-hydrogen) atoms. The molecular weight excluding hydrogens is 110 g/mol. The molecule has 3 nitrogen and oxygen atoms in total. The zero-order valence-electron chi connectivity index (χ0n) is 4.43. The quantitative estimate of drug-likeness (QED) is 0.353. The van der Waals surface area contributed by atoms with Crippen molar-refractivity contribution in [2.75, 3.05) is 14.1 Å². The first kappa shape index (κ1) is 6.65. The highest BCUT2D eigenvalue weighted by atomic mass is 32.1. The van der Waals surface area contributed by atoms with Crippen LogP contribution in [0, 0.1) is 0 Å². The minimum atomic E-state index is 0.296. The topological polar surface area (TPSA) is 41.3 Å². The summed E-state index contributed by atoms with van der Waals surface area (Å²) in [5.74, 6) is 0. The largest absolute Gasteiger partial charge is 0.375 e. The van der Waals surface area contributed by atoms with E-state index in [-0.39, 0.29) is 0 Å². The fourth-order valence-corrected chi connectivity index (χ4v) is 0.403. The third-order valence-corrected chi connectivity index (χ3v) is 0.425. The van der Waals surface area contributed by atoms with Crippen molar-refractivity contribution < 1.29 is 0 Å². The smallest absolute Gasteiger partial charge is 0.178 e. The summed E-state index contributed by atoms with van der Waals surface area (Å²) >= 11 is 4.50. The molecule has 0 atom stereocenters. The second kappa shape index (κ2) is 2.76. The van der Waals surface area contributed by atoms with E-state index in [2.05, 4.69) is 17.6 Å². The van der Waals surface area contributed by atoms with Crippen molar-refractivity contribution in [3.8, 4) is 0 Å². The number of nitrogens with zero attached hydrogens (tertiary/aromatic N) is 1. The number of thiocarbonyl (C=S) groups is 1. The van der Waals surface area contributed by atoms with Crippen LogP contribution in [0.1, 0.15) is 0 Å². The standard InChI is InChI=1S/C3H9N3S/c1-6(2)5-3(4)7/h1-2H3,(H3,4,5,7). The van der Waals surface area contributed by atoms with E-state index in [0.29, 0.717) is 5.11 Å². The van der Waals surface area contributed by atoms with Crippen LogP contribution in [-0.4, -0.2) is 24.2 Å². The molecule has 3 N–H and O–H groups in total.